The topological polar surface area (TPSA) is 89.3 Å². The largest absolute Gasteiger partial charge is 0.396 e. The van der Waals surface area contributed by atoms with E-state index in [0.29, 0.717) is 16.4 Å². The molecule has 7 heteroatoms. The molecule has 0 spiro atoms. The van der Waals surface area contributed by atoms with Gasteiger partial charge in [0.05, 0.1) is 16.3 Å². The van der Waals surface area contributed by atoms with Crippen LogP contribution in [-0.2, 0) is 9.84 Å². The Morgan fingerprint density at radius 1 is 1.37 bits per heavy atom. The van der Waals surface area contributed by atoms with Crippen LogP contribution in [0.2, 0.25) is 0 Å². The van der Waals surface area contributed by atoms with E-state index in [0.717, 1.165) is 11.3 Å². The van der Waals surface area contributed by atoms with Gasteiger partial charge in [-0.05, 0) is 6.92 Å². The zero-order valence-corrected chi connectivity index (χ0v) is 13.2. The Kier molecular flexibility index (Phi) is 4.98. The van der Waals surface area contributed by atoms with Gasteiger partial charge in [0.2, 0.25) is 0 Å². The Morgan fingerprint density at radius 2 is 1.95 bits per heavy atom. The van der Waals surface area contributed by atoms with Crippen LogP contribution in [0.1, 0.15) is 37.4 Å². The van der Waals surface area contributed by atoms with Gasteiger partial charge in [-0.15, -0.1) is 11.3 Å². The summed E-state index contributed by atoms with van der Waals surface area (Å²) in [5, 5.41) is 3.44. The molecule has 0 unspecified atom stereocenters. The van der Waals surface area contributed by atoms with E-state index in [1.165, 1.54) is 0 Å². The molecule has 1 heterocycles. The summed E-state index contributed by atoms with van der Waals surface area (Å²) in [5.41, 5.74) is 5.99. The van der Waals surface area contributed by atoms with Crippen LogP contribution in [0.5, 0.6) is 0 Å². The lowest BCUT2D eigenvalue weighted by Crippen LogP contribution is -2.11. The lowest BCUT2D eigenvalue weighted by Gasteiger charge is -2.06. The van der Waals surface area contributed by atoms with Gasteiger partial charge < -0.3 is 11.1 Å². The fourth-order valence-corrected chi connectivity index (χ4v) is 4.43. The fraction of sp³-hybridized carbons (Fsp3) is 0.583. The SMILES string of the molecule is CCNc1sc(C(=O)C(C)C)c(N)c1S(=O)(=O)CC. The van der Waals surface area contributed by atoms with Crippen LogP contribution in [0, 0.1) is 5.92 Å². The van der Waals surface area contributed by atoms with Crippen molar-refractivity contribution in [2.75, 3.05) is 23.3 Å². The minimum atomic E-state index is -3.45. The van der Waals surface area contributed by atoms with E-state index in [2.05, 4.69) is 5.32 Å². The molecule has 0 aliphatic carbocycles. The summed E-state index contributed by atoms with van der Waals surface area (Å²) in [6, 6.07) is 0. The monoisotopic (exact) mass is 304 g/mol. The highest BCUT2D eigenvalue weighted by Crippen LogP contribution is 2.40. The number of ketones is 1. The Hall–Kier alpha value is -1.08. The number of sulfone groups is 1. The molecular formula is C12H20N2O3S2. The number of nitrogens with two attached hydrogens (primary N) is 1. The Bertz CT molecular complexity index is 574. The van der Waals surface area contributed by atoms with Gasteiger partial charge in [-0.2, -0.15) is 0 Å². The average Bonchev–Trinajstić information content (AvgIpc) is 2.66. The highest BCUT2D eigenvalue weighted by Gasteiger charge is 2.29. The molecule has 0 bridgehead atoms. The van der Waals surface area contributed by atoms with Crippen LogP contribution >= 0.6 is 11.3 Å². The second-order valence-corrected chi connectivity index (χ2v) is 7.69. The van der Waals surface area contributed by atoms with E-state index >= 15 is 0 Å². The zero-order chi connectivity index (χ0) is 14.8. The number of hydrogen-bond donors (Lipinski definition) is 2. The maximum atomic E-state index is 12.1. The number of anilines is 2. The first-order valence-corrected chi connectivity index (χ1v) is 8.66. The predicted molar refractivity (Wildman–Crippen MR) is 79.8 cm³/mol. The summed E-state index contributed by atoms with van der Waals surface area (Å²) in [5.74, 6) is -0.381. The molecule has 3 N–H and O–H groups in total. The van der Waals surface area contributed by atoms with Crippen molar-refractivity contribution in [2.45, 2.75) is 32.6 Å². The molecule has 1 aromatic rings. The van der Waals surface area contributed by atoms with Crippen LogP contribution in [-0.4, -0.2) is 26.5 Å². The second kappa shape index (κ2) is 5.92. The van der Waals surface area contributed by atoms with E-state index in [9.17, 15) is 13.2 Å². The van der Waals surface area contributed by atoms with Crippen molar-refractivity contribution in [2.24, 2.45) is 5.92 Å². The quantitative estimate of drug-likeness (QED) is 0.788. The number of hydrogen-bond acceptors (Lipinski definition) is 6. The van der Waals surface area contributed by atoms with Crippen molar-refractivity contribution >= 4 is 37.6 Å². The first-order chi connectivity index (χ1) is 8.76. The van der Waals surface area contributed by atoms with Gasteiger partial charge in [-0.3, -0.25) is 4.79 Å². The van der Waals surface area contributed by atoms with E-state index in [4.69, 9.17) is 5.73 Å². The van der Waals surface area contributed by atoms with E-state index in [1.807, 2.05) is 6.92 Å². The summed E-state index contributed by atoms with van der Waals surface area (Å²) in [7, 11) is -3.45. The number of carbonyl (C=O) groups is 1. The third-order valence-corrected chi connectivity index (χ3v) is 5.79. The molecular weight excluding hydrogens is 284 g/mol. The first-order valence-electron chi connectivity index (χ1n) is 6.19. The Labute approximate surface area is 118 Å². The molecule has 0 aliphatic rings. The standard InChI is InChI=1S/C12H20N2O3S2/c1-5-14-12-11(19(16,17)6-2)8(13)10(18-12)9(15)7(3)4/h7,14H,5-6,13H2,1-4H3. The number of rotatable bonds is 6. The molecule has 0 aromatic carbocycles. The molecule has 0 saturated carbocycles. The number of Topliss-reactive ketones (excluding diaryl/α,β-unsaturated/α-hetero) is 1. The van der Waals surface area contributed by atoms with Crippen molar-refractivity contribution < 1.29 is 13.2 Å². The Morgan fingerprint density at radius 3 is 2.37 bits per heavy atom. The summed E-state index contributed by atoms with van der Waals surface area (Å²) in [4.78, 5) is 12.5. The van der Waals surface area contributed by atoms with Gasteiger partial charge in [0, 0.05) is 12.5 Å². The summed E-state index contributed by atoms with van der Waals surface area (Å²) in [6.07, 6.45) is 0. The molecule has 5 nitrogen and oxygen atoms in total. The number of nitrogen functional groups attached to an aromatic ring is 1. The van der Waals surface area contributed by atoms with E-state index in [-0.39, 0.29) is 28.0 Å². The summed E-state index contributed by atoms with van der Waals surface area (Å²) < 4.78 is 24.2. The van der Waals surface area contributed by atoms with Gasteiger partial charge in [0.15, 0.2) is 15.6 Å². The molecule has 0 saturated heterocycles. The molecule has 0 aliphatic heterocycles. The molecule has 0 fully saturated rings. The third-order valence-electron chi connectivity index (χ3n) is 2.68. The van der Waals surface area contributed by atoms with Crippen LogP contribution in [0.25, 0.3) is 0 Å². The predicted octanol–water partition coefficient (Wildman–Crippen LogP) is 2.39. The third kappa shape index (κ3) is 3.09. The van der Waals surface area contributed by atoms with Gasteiger partial charge in [-0.25, -0.2) is 8.42 Å². The lowest BCUT2D eigenvalue weighted by atomic mass is 10.1. The average molecular weight is 304 g/mol. The molecule has 1 aromatic heterocycles. The van der Waals surface area contributed by atoms with Crippen LogP contribution in [0.3, 0.4) is 0 Å². The molecule has 0 amide bonds. The van der Waals surface area contributed by atoms with Gasteiger partial charge in [0.1, 0.15) is 9.90 Å². The first kappa shape index (κ1) is 16.0. The fourth-order valence-electron chi connectivity index (χ4n) is 1.60. The number of carbonyl (C=O) groups excluding carboxylic acids is 1. The maximum absolute atomic E-state index is 12.1. The normalized spacial score (nSPS) is 11.8. The zero-order valence-electron chi connectivity index (χ0n) is 11.6. The van der Waals surface area contributed by atoms with Crippen LogP contribution in [0.4, 0.5) is 10.7 Å². The van der Waals surface area contributed by atoms with Crippen molar-refractivity contribution in [3.8, 4) is 0 Å². The van der Waals surface area contributed by atoms with E-state index in [1.54, 1.807) is 20.8 Å². The van der Waals surface area contributed by atoms with Crippen molar-refractivity contribution in [3.63, 3.8) is 0 Å². The molecule has 0 radical (unpaired) electrons. The molecule has 108 valence electrons. The summed E-state index contributed by atoms with van der Waals surface area (Å²) >= 11 is 1.12. The van der Waals surface area contributed by atoms with Crippen molar-refractivity contribution in [1.29, 1.82) is 0 Å². The minimum absolute atomic E-state index is 0.0400. The molecule has 0 atom stereocenters. The van der Waals surface area contributed by atoms with Crippen LogP contribution in [0.15, 0.2) is 4.90 Å². The highest BCUT2D eigenvalue weighted by atomic mass is 32.2. The second-order valence-electron chi connectivity index (χ2n) is 4.46. The smallest absolute Gasteiger partial charge is 0.183 e. The minimum Gasteiger partial charge on any atom is -0.396 e. The maximum Gasteiger partial charge on any atom is 0.183 e. The molecule has 19 heavy (non-hydrogen) atoms. The number of thiophene rings is 1. The Balaban J connectivity index is 3.50. The van der Waals surface area contributed by atoms with Gasteiger partial charge in [0.25, 0.3) is 0 Å². The van der Waals surface area contributed by atoms with Crippen molar-refractivity contribution in [3.05, 3.63) is 4.88 Å². The van der Waals surface area contributed by atoms with Crippen LogP contribution < -0.4 is 11.1 Å². The van der Waals surface area contributed by atoms with Crippen molar-refractivity contribution in [1.82, 2.24) is 0 Å². The lowest BCUT2D eigenvalue weighted by molar-refractivity contribution is 0.0944. The molecule has 1 rings (SSSR count). The van der Waals surface area contributed by atoms with E-state index < -0.39 is 9.84 Å². The number of nitrogens with one attached hydrogen (secondary N) is 1. The summed E-state index contributed by atoms with van der Waals surface area (Å²) in [6.45, 7) is 7.53. The highest BCUT2D eigenvalue weighted by molar-refractivity contribution is 7.91. The van der Waals surface area contributed by atoms with Gasteiger partial charge >= 0.3 is 0 Å². The van der Waals surface area contributed by atoms with Gasteiger partial charge in [-0.1, -0.05) is 20.8 Å².